The van der Waals surface area contributed by atoms with Crippen LogP contribution in [0, 0.1) is 5.92 Å². The van der Waals surface area contributed by atoms with Gasteiger partial charge in [0.25, 0.3) is 0 Å². The molecule has 0 aliphatic carbocycles. The molecule has 2 heterocycles. The summed E-state index contributed by atoms with van der Waals surface area (Å²) in [7, 11) is 0. The first-order valence-corrected chi connectivity index (χ1v) is 6.46. The molecule has 98 valence electrons. The third kappa shape index (κ3) is 2.90. The number of aliphatic hydroxyl groups excluding tert-OH is 1. The lowest BCUT2D eigenvalue weighted by molar-refractivity contribution is -0.0164. The Balaban J connectivity index is 1.93. The number of urea groups is 1. The van der Waals surface area contributed by atoms with Crippen LogP contribution in [-0.4, -0.2) is 66.4 Å². The Morgan fingerprint density at radius 2 is 2.06 bits per heavy atom. The van der Waals surface area contributed by atoms with Gasteiger partial charge in [-0.05, 0) is 18.8 Å². The molecule has 2 aliphatic rings. The SMILES string of the molecule is CC1CCN(C(=O)N2CCOCC2CO)CC1. The van der Waals surface area contributed by atoms with Crippen molar-refractivity contribution in [3.63, 3.8) is 0 Å². The van der Waals surface area contributed by atoms with Crippen LogP contribution in [-0.2, 0) is 4.74 Å². The standard InChI is InChI=1S/C12H22N2O3/c1-10-2-4-13(5-3-10)12(16)14-6-7-17-9-11(14)8-15/h10-11,15H,2-9H2,1H3. The molecule has 2 rings (SSSR count). The molecule has 2 aliphatic heterocycles. The van der Waals surface area contributed by atoms with E-state index in [9.17, 15) is 9.90 Å². The zero-order valence-electron chi connectivity index (χ0n) is 10.5. The average Bonchev–Trinajstić information content (AvgIpc) is 2.39. The van der Waals surface area contributed by atoms with Gasteiger partial charge >= 0.3 is 6.03 Å². The van der Waals surface area contributed by atoms with Crippen LogP contribution in [0.15, 0.2) is 0 Å². The van der Waals surface area contributed by atoms with E-state index >= 15 is 0 Å². The Bertz CT molecular complexity index is 264. The zero-order valence-corrected chi connectivity index (χ0v) is 10.5. The van der Waals surface area contributed by atoms with E-state index in [-0.39, 0.29) is 18.7 Å². The lowest BCUT2D eigenvalue weighted by Crippen LogP contribution is -2.56. The minimum atomic E-state index is -0.171. The Kier molecular flexibility index (Phi) is 4.23. The smallest absolute Gasteiger partial charge is 0.320 e. The second-order valence-electron chi connectivity index (χ2n) is 5.06. The van der Waals surface area contributed by atoms with E-state index in [0.717, 1.165) is 31.8 Å². The number of carbonyl (C=O) groups excluding carboxylic acids is 1. The number of hydrogen-bond donors (Lipinski definition) is 1. The maximum absolute atomic E-state index is 12.3. The van der Waals surface area contributed by atoms with E-state index in [1.165, 1.54) is 0 Å². The van der Waals surface area contributed by atoms with Crippen LogP contribution >= 0.6 is 0 Å². The van der Waals surface area contributed by atoms with Gasteiger partial charge in [-0.2, -0.15) is 0 Å². The fourth-order valence-electron chi connectivity index (χ4n) is 2.44. The van der Waals surface area contributed by atoms with Crippen LogP contribution < -0.4 is 0 Å². The Hall–Kier alpha value is -0.810. The van der Waals surface area contributed by atoms with Crippen LogP contribution in [0.1, 0.15) is 19.8 Å². The summed E-state index contributed by atoms with van der Waals surface area (Å²) in [4.78, 5) is 16.0. The predicted octanol–water partition coefficient (Wildman–Crippen LogP) is 0.531. The molecule has 0 saturated carbocycles. The van der Waals surface area contributed by atoms with Crippen LogP contribution in [0.4, 0.5) is 4.79 Å². The molecule has 2 saturated heterocycles. The maximum Gasteiger partial charge on any atom is 0.320 e. The molecule has 5 heteroatoms. The van der Waals surface area contributed by atoms with E-state index in [1.54, 1.807) is 4.90 Å². The molecule has 0 bridgehead atoms. The maximum atomic E-state index is 12.3. The van der Waals surface area contributed by atoms with Gasteiger partial charge in [0, 0.05) is 19.6 Å². The van der Waals surface area contributed by atoms with Crippen LogP contribution in [0.5, 0.6) is 0 Å². The Morgan fingerprint density at radius 1 is 1.35 bits per heavy atom. The van der Waals surface area contributed by atoms with Crippen molar-refractivity contribution in [2.45, 2.75) is 25.8 Å². The van der Waals surface area contributed by atoms with Gasteiger partial charge in [0.2, 0.25) is 0 Å². The molecule has 1 N–H and O–H groups in total. The van der Waals surface area contributed by atoms with Crippen molar-refractivity contribution < 1.29 is 14.6 Å². The highest BCUT2D eigenvalue weighted by atomic mass is 16.5. The number of nitrogens with zero attached hydrogens (tertiary/aromatic N) is 2. The van der Waals surface area contributed by atoms with Gasteiger partial charge in [0.15, 0.2) is 0 Å². The van der Waals surface area contributed by atoms with Crippen molar-refractivity contribution >= 4 is 6.03 Å². The summed E-state index contributed by atoms with van der Waals surface area (Å²) in [5.74, 6) is 0.720. The van der Waals surface area contributed by atoms with Crippen molar-refractivity contribution in [2.24, 2.45) is 5.92 Å². The van der Waals surface area contributed by atoms with Gasteiger partial charge in [-0.3, -0.25) is 0 Å². The molecule has 2 fully saturated rings. The van der Waals surface area contributed by atoms with E-state index < -0.39 is 0 Å². The average molecular weight is 242 g/mol. The quantitative estimate of drug-likeness (QED) is 0.730. The number of aliphatic hydroxyl groups is 1. The molecule has 0 radical (unpaired) electrons. The molecule has 0 aromatic carbocycles. The van der Waals surface area contributed by atoms with Crippen molar-refractivity contribution in [1.29, 1.82) is 0 Å². The van der Waals surface area contributed by atoms with Crippen molar-refractivity contribution in [3.05, 3.63) is 0 Å². The lowest BCUT2D eigenvalue weighted by atomic mass is 9.99. The summed E-state index contributed by atoms with van der Waals surface area (Å²) >= 11 is 0. The molecule has 1 unspecified atom stereocenters. The third-order valence-electron chi connectivity index (χ3n) is 3.74. The van der Waals surface area contributed by atoms with Gasteiger partial charge in [-0.15, -0.1) is 0 Å². The molecule has 0 aromatic rings. The Labute approximate surface area is 102 Å². The zero-order chi connectivity index (χ0) is 12.3. The highest BCUT2D eigenvalue weighted by Gasteiger charge is 2.31. The fourth-order valence-corrected chi connectivity index (χ4v) is 2.44. The van der Waals surface area contributed by atoms with Gasteiger partial charge in [0.1, 0.15) is 0 Å². The molecule has 2 amide bonds. The first-order valence-electron chi connectivity index (χ1n) is 6.46. The molecular weight excluding hydrogens is 220 g/mol. The molecule has 17 heavy (non-hydrogen) atoms. The van der Waals surface area contributed by atoms with Gasteiger partial charge in [-0.1, -0.05) is 6.92 Å². The topological polar surface area (TPSA) is 53.0 Å². The number of likely N-dealkylation sites (tertiary alicyclic amines) is 1. The summed E-state index contributed by atoms with van der Waals surface area (Å²) in [5.41, 5.74) is 0. The summed E-state index contributed by atoms with van der Waals surface area (Å²) in [5, 5.41) is 9.26. The van der Waals surface area contributed by atoms with Crippen molar-refractivity contribution in [2.75, 3.05) is 39.5 Å². The van der Waals surface area contributed by atoms with Gasteiger partial charge in [-0.25, -0.2) is 4.79 Å². The summed E-state index contributed by atoms with van der Waals surface area (Å²) < 4.78 is 5.29. The van der Waals surface area contributed by atoms with Crippen molar-refractivity contribution in [1.82, 2.24) is 9.80 Å². The number of rotatable bonds is 1. The first kappa shape index (κ1) is 12.6. The molecule has 0 spiro atoms. The van der Waals surface area contributed by atoms with E-state index in [2.05, 4.69) is 6.92 Å². The number of amides is 2. The number of ether oxygens (including phenoxy) is 1. The second-order valence-corrected chi connectivity index (χ2v) is 5.06. The first-order chi connectivity index (χ1) is 8.22. The number of carbonyl (C=O) groups is 1. The highest BCUT2D eigenvalue weighted by molar-refractivity contribution is 5.75. The molecule has 5 nitrogen and oxygen atoms in total. The monoisotopic (exact) mass is 242 g/mol. The van der Waals surface area contributed by atoms with Crippen LogP contribution in [0.2, 0.25) is 0 Å². The van der Waals surface area contributed by atoms with Gasteiger partial charge in [0.05, 0.1) is 25.9 Å². The molecular formula is C12H22N2O3. The van der Waals surface area contributed by atoms with Crippen LogP contribution in [0.3, 0.4) is 0 Å². The number of hydrogen-bond acceptors (Lipinski definition) is 3. The summed E-state index contributed by atoms with van der Waals surface area (Å²) in [6.07, 6.45) is 2.17. The van der Waals surface area contributed by atoms with Gasteiger partial charge < -0.3 is 19.6 Å². The third-order valence-corrected chi connectivity index (χ3v) is 3.74. The van der Waals surface area contributed by atoms with E-state index in [4.69, 9.17) is 4.74 Å². The minimum absolute atomic E-state index is 0.0179. The van der Waals surface area contributed by atoms with E-state index in [1.807, 2.05) is 4.90 Å². The fraction of sp³-hybridized carbons (Fsp3) is 0.917. The predicted molar refractivity (Wildman–Crippen MR) is 63.8 cm³/mol. The summed E-state index contributed by atoms with van der Waals surface area (Å²) in [6.45, 7) is 5.52. The normalized spacial score (nSPS) is 27.3. The summed E-state index contributed by atoms with van der Waals surface area (Å²) in [6, 6.07) is -0.102. The minimum Gasteiger partial charge on any atom is -0.394 e. The lowest BCUT2D eigenvalue weighted by Gasteiger charge is -2.40. The Morgan fingerprint density at radius 3 is 2.71 bits per heavy atom. The molecule has 1 atom stereocenters. The number of piperidine rings is 1. The van der Waals surface area contributed by atoms with E-state index in [0.29, 0.717) is 19.8 Å². The van der Waals surface area contributed by atoms with Crippen LogP contribution in [0.25, 0.3) is 0 Å². The highest BCUT2D eigenvalue weighted by Crippen LogP contribution is 2.19. The largest absolute Gasteiger partial charge is 0.394 e. The second kappa shape index (κ2) is 5.69. The number of morpholine rings is 1. The van der Waals surface area contributed by atoms with Crippen molar-refractivity contribution in [3.8, 4) is 0 Å². The molecule has 0 aromatic heterocycles.